The monoisotopic (exact) mass is 450 g/mol. The van der Waals surface area contributed by atoms with E-state index in [1.54, 1.807) is 23.9 Å². The number of aromatic nitrogens is 3. The van der Waals surface area contributed by atoms with Crippen molar-refractivity contribution < 1.29 is 14.1 Å². The summed E-state index contributed by atoms with van der Waals surface area (Å²) in [4.78, 5) is 12.8. The summed E-state index contributed by atoms with van der Waals surface area (Å²) < 4.78 is 12.9. The lowest BCUT2D eigenvalue weighted by Gasteiger charge is -2.08. The second-order valence-electron chi connectivity index (χ2n) is 7.62. The van der Waals surface area contributed by atoms with Gasteiger partial charge in [0, 0.05) is 17.3 Å². The van der Waals surface area contributed by atoms with Crippen molar-refractivity contribution in [3.05, 3.63) is 93.5 Å². The molecule has 0 saturated heterocycles. The van der Waals surface area contributed by atoms with Crippen LogP contribution in [0.3, 0.4) is 0 Å². The maximum atomic E-state index is 12.8. The van der Waals surface area contributed by atoms with Crippen LogP contribution in [0, 0.1) is 20.8 Å². The number of aryl methyl sites for hydroxylation is 3. The van der Waals surface area contributed by atoms with Gasteiger partial charge in [-0.05, 0) is 55.7 Å². The number of nitrogens with one attached hydrogen (secondary N) is 1. The lowest BCUT2D eigenvalue weighted by molar-refractivity contribution is 0.101. The number of rotatable bonds is 7. The molecule has 0 unspecified atom stereocenters. The minimum absolute atomic E-state index is 0.169. The molecule has 0 aliphatic heterocycles. The number of anilines is 1. The molecule has 1 N–H and O–H groups in total. The first kappa shape index (κ1) is 21.6. The van der Waals surface area contributed by atoms with Gasteiger partial charge >= 0.3 is 0 Å². The van der Waals surface area contributed by atoms with Gasteiger partial charge in [-0.3, -0.25) is 9.48 Å². The van der Waals surface area contributed by atoms with E-state index >= 15 is 0 Å². The van der Waals surface area contributed by atoms with Crippen LogP contribution in [0.5, 0.6) is 5.75 Å². The van der Waals surface area contributed by atoms with Gasteiger partial charge < -0.3 is 14.6 Å². The molecule has 0 aliphatic carbocycles. The maximum absolute atomic E-state index is 12.8. The lowest BCUT2D eigenvalue weighted by atomic mass is 10.1. The van der Waals surface area contributed by atoms with Crippen molar-refractivity contribution in [3.8, 4) is 5.75 Å². The number of nitrogens with zero attached hydrogens (tertiary/aromatic N) is 3. The Labute approximate surface area is 190 Å². The van der Waals surface area contributed by atoms with Crippen LogP contribution in [-0.2, 0) is 13.2 Å². The van der Waals surface area contributed by atoms with Gasteiger partial charge in [0.25, 0.3) is 5.91 Å². The molecule has 0 saturated carbocycles. The van der Waals surface area contributed by atoms with E-state index in [1.807, 2.05) is 50.2 Å². The van der Waals surface area contributed by atoms with Crippen LogP contribution in [0.15, 0.2) is 59.3 Å². The number of carbonyl (C=O) groups excluding carboxylic acids is 1. The summed E-state index contributed by atoms with van der Waals surface area (Å²) in [6.45, 7) is 6.43. The predicted molar refractivity (Wildman–Crippen MR) is 122 cm³/mol. The average molecular weight is 451 g/mol. The van der Waals surface area contributed by atoms with E-state index in [0.29, 0.717) is 28.7 Å². The highest BCUT2D eigenvalue weighted by molar-refractivity contribution is 6.31. The summed E-state index contributed by atoms with van der Waals surface area (Å²) in [5.41, 5.74) is 3.91. The van der Waals surface area contributed by atoms with Crippen LogP contribution < -0.4 is 10.1 Å². The Morgan fingerprint density at radius 1 is 1.12 bits per heavy atom. The van der Waals surface area contributed by atoms with E-state index < -0.39 is 5.91 Å². The third kappa shape index (κ3) is 5.00. The van der Waals surface area contributed by atoms with E-state index in [0.717, 1.165) is 22.4 Å². The van der Waals surface area contributed by atoms with Gasteiger partial charge in [0.15, 0.2) is 11.5 Å². The summed E-state index contributed by atoms with van der Waals surface area (Å²) in [5.74, 6) is 1.25. The zero-order valence-electron chi connectivity index (χ0n) is 18.1. The molecule has 2 aromatic heterocycles. The fraction of sp³-hybridized carbons (Fsp3) is 0.208. The number of ether oxygens (including phenoxy) is 1. The number of carbonyl (C=O) groups is 1. The Morgan fingerprint density at radius 2 is 1.88 bits per heavy atom. The van der Waals surface area contributed by atoms with Crippen LogP contribution in [0.2, 0.25) is 5.02 Å². The summed E-state index contributed by atoms with van der Waals surface area (Å²) in [6, 6.07) is 15.2. The summed E-state index contributed by atoms with van der Waals surface area (Å²) in [5, 5.41) is 11.8. The molecule has 0 atom stereocenters. The Morgan fingerprint density at radius 3 is 2.62 bits per heavy atom. The SMILES string of the molecule is Cc1cc(C)cc(OCc2c(C(=O)Nc3ccn(Cc4ccccc4Cl)n3)noc2C)c1. The molecule has 0 bridgehead atoms. The molecule has 4 aromatic rings. The first-order chi connectivity index (χ1) is 15.4. The average Bonchev–Trinajstić information content (AvgIpc) is 3.33. The van der Waals surface area contributed by atoms with Crippen molar-refractivity contribution in [2.75, 3.05) is 5.32 Å². The minimum Gasteiger partial charge on any atom is -0.489 e. The quantitative estimate of drug-likeness (QED) is 0.411. The fourth-order valence-electron chi connectivity index (χ4n) is 3.40. The van der Waals surface area contributed by atoms with Gasteiger partial charge in [-0.15, -0.1) is 0 Å². The normalized spacial score (nSPS) is 10.9. The molecule has 8 heteroatoms. The maximum Gasteiger partial charge on any atom is 0.279 e. The Bertz CT molecular complexity index is 1240. The van der Waals surface area contributed by atoms with E-state index in [4.69, 9.17) is 20.9 Å². The molecular weight excluding hydrogens is 428 g/mol. The molecule has 2 aromatic carbocycles. The molecule has 0 aliphatic rings. The van der Waals surface area contributed by atoms with Crippen LogP contribution in [0.25, 0.3) is 0 Å². The number of halogens is 1. The third-order valence-corrected chi connectivity index (χ3v) is 5.32. The van der Waals surface area contributed by atoms with Crippen molar-refractivity contribution >= 4 is 23.3 Å². The molecule has 1 amide bonds. The smallest absolute Gasteiger partial charge is 0.279 e. The fourth-order valence-corrected chi connectivity index (χ4v) is 3.60. The van der Waals surface area contributed by atoms with E-state index in [2.05, 4.69) is 21.6 Å². The first-order valence-corrected chi connectivity index (χ1v) is 10.5. The van der Waals surface area contributed by atoms with Gasteiger partial charge in [-0.1, -0.05) is 41.0 Å². The number of benzene rings is 2. The van der Waals surface area contributed by atoms with Crippen molar-refractivity contribution in [1.82, 2.24) is 14.9 Å². The van der Waals surface area contributed by atoms with Crippen LogP contribution in [-0.4, -0.2) is 20.8 Å². The predicted octanol–water partition coefficient (Wildman–Crippen LogP) is 5.33. The van der Waals surface area contributed by atoms with E-state index in [-0.39, 0.29) is 12.3 Å². The summed E-state index contributed by atoms with van der Waals surface area (Å²) in [6.07, 6.45) is 1.77. The first-order valence-electron chi connectivity index (χ1n) is 10.1. The van der Waals surface area contributed by atoms with Gasteiger partial charge in [0.1, 0.15) is 18.1 Å². The van der Waals surface area contributed by atoms with E-state index in [1.165, 1.54) is 0 Å². The lowest BCUT2D eigenvalue weighted by Crippen LogP contribution is -2.16. The molecular formula is C24H23ClN4O3. The molecule has 164 valence electrons. The summed E-state index contributed by atoms with van der Waals surface area (Å²) in [7, 11) is 0. The zero-order chi connectivity index (χ0) is 22.7. The second kappa shape index (κ2) is 9.28. The van der Waals surface area contributed by atoms with Crippen LogP contribution in [0.4, 0.5) is 5.82 Å². The Hall–Kier alpha value is -3.58. The summed E-state index contributed by atoms with van der Waals surface area (Å²) >= 11 is 6.21. The molecule has 32 heavy (non-hydrogen) atoms. The van der Waals surface area contributed by atoms with Crippen molar-refractivity contribution in [1.29, 1.82) is 0 Å². The van der Waals surface area contributed by atoms with Gasteiger partial charge in [0.05, 0.1) is 12.1 Å². The van der Waals surface area contributed by atoms with Gasteiger partial charge in [-0.25, -0.2) is 0 Å². The molecule has 2 heterocycles. The van der Waals surface area contributed by atoms with E-state index in [9.17, 15) is 4.79 Å². The number of amides is 1. The highest BCUT2D eigenvalue weighted by Gasteiger charge is 2.21. The molecule has 0 fully saturated rings. The molecule has 4 rings (SSSR count). The van der Waals surface area contributed by atoms with Gasteiger partial charge in [0.2, 0.25) is 0 Å². The highest BCUT2D eigenvalue weighted by Crippen LogP contribution is 2.21. The molecule has 0 spiro atoms. The van der Waals surface area contributed by atoms with Crippen molar-refractivity contribution in [2.45, 2.75) is 33.9 Å². The largest absolute Gasteiger partial charge is 0.489 e. The molecule has 0 radical (unpaired) electrons. The highest BCUT2D eigenvalue weighted by atomic mass is 35.5. The Balaban J connectivity index is 1.44. The van der Waals surface area contributed by atoms with Crippen molar-refractivity contribution in [3.63, 3.8) is 0 Å². The zero-order valence-corrected chi connectivity index (χ0v) is 18.8. The molecule has 7 nitrogen and oxygen atoms in total. The van der Waals surface area contributed by atoms with Gasteiger partial charge in [-0.2, -0.15) is 5.10 Å². The number of hydrogen-bond acceptors (Lipinski definition) is 5. The second-order valence-corrected chi connectivity index (χ2v) is 8.03. The van der Waals surface area contributed by atoms with Crippen LogP contribution >= 0.6 is 11.6 Å². The number of hydrogen-bond donors (Lipinski definition) is 1. The minimum atomic E-state index is -0.413. The van der Waals surface area contributed by atoms with Crippen molar-refractivity contribution in [2.24, 2.45) is 0 Å². The Kier molecular flexibility index (Phi) is 6.28. The standard InChI is InChI=1S/C24H23ClN4O3/c1-15-10-16(2)12-19(11-15)31-14-20-17(3)32-28-23(20)24(30)26-22-8-9-29(27-22)13-18-6-4-5-7-21(18)25/h4-12H,13-14H2,1-3H3,(H,26,27,30). The third-order valence-electron chi connectivity index (χ3n) is 4.95. The topological polar surface area (TPSA) is 82.2 Å². The van der Waals surface area contributed by atoms with Crippen LogP contribution in [0.1, 0.15) is 38.5 Å².